The Morgan fingerprint density at radius 2 is 2.26 bits per heavy atom. The minimum Gasteiger partial charge on any atom is -0.480 e. The van der Waals surface area contributed by atoms with Crippen LogP contribution in [0.1, 0.15) is 11.5 Å². The molecule has 0 amide bonds. The topological polar surface area (TPSA) is 85.5 Å². The Labute approximate surface area is 117 Å². The maximum Gasteiger partial charge on any atom is 0.329 e. The molecule has 2 aromatic rings. The van der Waals surface area contributed by atoms with Crippen LogP contribution in [0.3, 0.4) is 0 Å². The Morgan fingerprint density at radius 3 is 3.00 bits per heavy atom. The Bertz CT molecular complexity index is 597. The lowest BCUT2D eigenvalue weighted by Crippen LogP contribution is -2.06. The number of aromatic nitrogens is 2. The molecule has 0 unspecified atom stereocenters. The summed E-state index contributed by atoms with van der Waals surface area (Å²) in [5.74, 6) is -0.435. The molecular formula is C12H11BrN2O4. The largest absolute Gasteiger partial charge is 0.480 e. The summed E-state index contributed by atoms with van der Waals surface area (Å²) in [4.78, 5) is 10.3. The molecule has 0 fully saturated rings. The molecule has 0 atom stereocenters. The minimum atomic E-state index is -1.04. The van der Waals surface area contributed by atoms with Crippen LogP contribution in [0.2, 0.25) is 0 Å². The fourth-order valence-corrected chi connectivity index (χ4v) is 1.87. The molecule has 7 heteroatoms. The van der Waals surface area contributed by atoms with E-state index in [-0.39, 0.29) is 12.5 Å². The van der Waals surface area contributed by atoms with Gasteiger partial charge in [0.2, 0.25) is 11.8 Å². The first-order valence-electron chi connectivity index (χ1n) is 5.44. The second-order valence-electron chi connectivity index (χ2n) is 3.87. The molecular weight excluding hydrogens is 316 g/mol. The van der Waals surface area contributed by atoms with E-state index in [0.717, 1.165) is 15.6 Å². The summed E-state index contributed by atoms with van der Waals surface area (Å²) in [6.45, 7) is 1.54. The average Bonchev–Trinajstić information content (AvgIpc) is 2.80. The van der Waals surface area contributed by atoms with E-state index in [0.29, 0.717) is 5.89 Å². The van der Waals surface area contributed by atoms with Gasteiger partial charge in [0.15, 0.2) is 0 Å². The van der Waals surface area contributed by atoms with Gasteiger partial charge in [-0.3, -0.25) is 0 Å². The average molecular weight is 327 g/mol. The normalized spacial score (nSPS) is 10.6. The smallest absolute Gasteiger partial charge is 0.329 e. The maximum atomic E-state index is 10.3. The van der Waals surface area contributed by atoms with E-state index in [4.69, 9.17) is 14.3 Å². The third kappa shape index (κ3) is 3.62. The summed E-state index contributed by atoms with van der Waals surface area (Å²) in [5.41, 5.74) is 1.86. The summed E-state index contributed by atoms with van der Waals surface area (Å²) < 4.78 is 11.1. The summed E-state index contributed by atoms with van der Waals surface area (Å²) in [6, 6.07) is 5.77. The molecule has 0 saturated heterocycles. The standard InChI is InChI=1S/C12H11BrN2O4/c1-7-2-3-9(13)8(4-7)12-15-14-10(19-12)5-18-6-11(16)17/h2-4H,5-6H2,1H3,(H,16,17). The maximum absolute atomic E-state index is 10.3. The summed E-state index contributed by atoms with van der Waals surface area (Å²) >= 11 is 3.41. The van der Waals surface area contributed by atoms with E-state index in [1.54, 1.807) is 0 Å². The number of carboxylic acids is 1. The third-order valence-electron chi connectivity index (χ3n) is 2.27. The number of ether oxygens (including phenoxy) is 1. The molecule has 1 N–H and O–H groups in total. The van der Waals surface area contributed by atoms with Gasteiger partial charge in [-0.1, -0.05) is 11.6 Å². The molecule has 1 aromatic carbocycles. The van der Waals surface area contributed by atoms with Crippen LogP contribution in [0.5, 0.6) is 0 Å². The Balaban J connectivity index is 2.12. The molecule has 0 bridgehead atoms. The van der Waals surface area contributed by atoms with Crippen molar-refractivity contribution in [3.05, 3.63) is 34.1 Å². The third-order valence-corrected chi connectivity index (χ3v) is 2.96. The fraction of sp³-hybridized carbons (Fsp3) is 0.250. The van der Waals surface area contributed by atoms with Crippen LogP contribution in [0.4, 0.5) is 0 Å². The number of aryl methyl sites for hydroxylation is 1. The van der Waals surface area contributed by atoms with E-state index in [1.807, 2.05) is 25.1 Å². The first kappa shape index (κ1) is 13.7. The Kier molecular flexibility index (Phi) is 4.28. The number of carboxylic acid groups (broad SMARTS) is 1. The zero-order chi connectivity index (χ0) is 13.8. The molecule has 100 valence electrons. The predicted octanol–water partition coefficient (Wildman–Crippen LogP) is 2.41. The van der Waals surface area contributed by atoms with Gasteiger partial charge < -0.3 is 14.3 Å². The molecule has 6 nitrogen and oxygen atoms in total. The number of hydrogen-bond acceptors (Lipinski definition) is 5. The number of hydrogen-bond donors (Lipinski definition) is 1. The molecule has 1 heterocycles. The van der Waals surface area contributed by atoms with Gasteiger partial charge in [-0.25, -0.2) is 4.79 Å². The lowest BCUT2D eigenvalue weighted by atomic mass is 10.1. The van der Waals surface area contributed by atoms with Gasteiger partial charge in [-0.2, -0.15) is 0 Å². The monoisotopic (exact) mass is 326 g/mol. The van der Waals surface area contributed by atoms with Gasteiger partial charge in [0.1, 0.15) is 13.2 Å². The van der Waals surface area contributed by atoms with Crippen molar-refractivity contribution in [1.29, 1.82) is 0 Å². The van der Waals surface area contributed by atoms with Crippen LogP contribution in [0.25, 0.3) is 11.5 Å². The zero-order valence-corrected chi connectivity index (χ0v) is 11.7. The molecule has 0 aliphatic rings. The van der Waals surface area contributed by atoms with Crippen molar-refractivity contribution in [1.82, 2.24) is 10.2 Å². The van der Waals surface area contributed by atoms with Gasteiger partial charge >= 0.3 is 5.97 Å². The fourth-order valence-electron chi connectivity index (χ4n) is 1.45. The summed E-state index contributed by atoms with van der Waals surface area (Å²) in [7, 11) is 0. The van der Waals surface area contributed by atoms with Crippen molar-refractivity contribution in [2.24, 2.45) is 0 Å². The van der Waals surface area contributed by atoms with E-state index in [1.165, 1.54) is 0 Å². The number of carbonyl (C=O) groups is 1. The summed E-state index contributed by atoms with van der Waals surface area (Å²) in [5, 5.41) is 16.2. The minimum absolute atomic E-state index is 0.0251. The molecule has 0 spiro atoms. The van der Waals surface area contributed by atoms with E-state index in [9.17, 15) is 4.79 Å². The van der Waals surface area contributed by atoms with E-state index < -0.39 is 12.6 Å². The molecule has 0 radical (unpaired) electrons. The van der Waals surface area contributed by atoms with Gasteiger partial charge in [0.05, 0.1) is 5.56 Å². The Hall–Kier alpha value is -1.73. The van der Waals surface area contributed by atoms with Crippen molar-refractivity contribution in [2.45, 2.75) is 13.5 Å². The van der Waals surface area contributed by atoms with Crippen molar-refractivity contribution in [2.75, 3.05) is 6.61 Å². The first-order valence-corrected chi connectivity index (χ1v) is 6.24. The molecule has 2 rings (SSSR count). The molecule has 0 aliphatic heterocycles. The quantitative estimate of drug-likeness (QED) is 0.908. The van der Waals surface area contributed by atoms with Crippen molar-refractivity contribution in [3.63, 3.8) is 0 Å². The number of rotatable bonds is 5. The van der Waals surface area contributed by atoms with Crippen LogP contribution < -0.4 is 0 Å². The number of aliphatic carboxylic acids is 1. The molecule has 0 aliphatic carbocycles. The van der Waals surface area contributed by atoms with Crippen LogP contribution in [-0.4, -0.2) is 27.9 Å². The molecule has 1 aromatic heterocycles. The second-order valence-corrected chi connectivity index (χ2v) is 4.73. The number of nitrogens with zero attached hydrogens (tertiary/aromatic N) is 2. The van der Waals surface area contributed by atoms with Crippen LogP contribution in [0.15, 0.2) is 27.1 Å². The van der Waals surface area contributed by atoms with Crippen molar-refractivity contribution in [3.8, 4) is 11.5 Å². The molecule has 19 heavy (non-hydrogen) atoms. The van der Waals surface area contributed by atoms with Crippen molar-refractivity contribution < 1.29 is 19.1 Å². The van der Waals surface area contributed by atoms with Crippen molar-refractivity contribution >= 4 is 21.9 Å². The van der Waals surface area contributed by atoms with Crippen LogP contribution >= 0.6 is 15.9 Å². The van der Waals surface area contributed by atoms with Gasteiger partial charge in [-0.15, -0.1) is 10.2 Å². The highest BCUT2D eigenvalue weighted by molar-refractivity contribution is 9.10. The predicted molar refractivity (Wildman–Crippen MR) is 69.5 cm³/mol. The van der Waals surface area contributed by atoms with E-state index in [2.05, 4.69) is 26.1 Å². The summed E-state index contributed by atoms with van der Waals surface area (Å²) in [6.07, 6.45) is 0. The lowest BCUT2D eigenvalue weighted by molar-refractivity contribution is -0.142. The Morgan fingerprint density at radius 1 is 1.47 bits per heavy atom. The number of halogens is 1. The SMILES string of the molecule is Cc1ccc(Br)c(-c2nnc(COCC(=O)O)o2)c1. The highest BCUT2D eigenvalue weighted by Crippen LogP contribution is 2.28. The van der Waals surface area contributed by atoms with Gasteiger partial charge in [0.25, 0.3) is 0 Å². The zero-order valence-electron chi connectivity index (χ0n) is 10.1. The van der Waals surface area contributed by atoms with Crippen LogP contribution in [0, 0.1) is 6.92 Å². The van der Waals surface area contributed by atoms with Gasteiger partial charge in [0, 0.05) is 4.47 Å². The lowest BCUT2D eigenvalue weighted by Gasteiger charge is -2.00. The second kappa shape index (κ2) is 5.94. The highest BCUT2D eigenvalue weighted by Gasteiger charge is 2.12. The molecule has 0 saturated carbocycles. The van der Waals surface area contributed by atoms with Crippen LogP contribution in [-0.2, 0) is 16.1 Å². The number of benzene rings is 1. The first-order chi connectivity index (χ1) is 9.06. The highest BCUT2D eigenvalue weighted by atomic mass is 79.9. The van der Waals surface area contributed by atoms with E-state index >= 15 is 0 Å². The van der Waals surface area contributed by atoms with Gasteiger partial charge in [-0.05, 0) is 35.0 Å².